The molecule has 1 aromatic heterocycles. The van der Waals surface area contributed by atoms with E-state index < -0.39 is 0 Å². The zero-order valence-corrected chi connectivity index (χ0v) is 11.0. The molecule has 3 nitrogen and oxygen atoms in total. The van der Waals surface area contributed by atoms with Gasteiger partial charge in [0.1, 0.15) is 0 Å². The van der Waals surface area contributed by atoms with Gasteiger partial charge in [0.15, 0.2) is 0 Å². The first-order valence-electron chi connectivity index (χ1n) is 6.06. The van der Waals surface area contributed by atoms with Crippen LogP contribution >= 0.6 is 11.6 Å². The zero-order chi connectivity index (χ0) is 12.4. The average Bonchev–Trinajstić information content (AvgIpc) is 3.09. The monoisotopic (exact) mass is 252 g/mol. The lowest BCUT2D eigenvalue weighted by Gasteiger charge is -2.22. The molecule has 1 aliphatic carbocycles. The van der Waals surface area contributed by atoms with Crippen molar-refractivity contribution >= 4 is 17.5 Å². The van der Waals surface area contributed by atoms with Crippen molar-refractivity contribution in [2.24, 2.45) is 0 Å². The van der Waals surface area contributed by atoms with Crippen molar-refractivity contribution in [1.82, 2.24) is 9.88 Å². The van der Waals surface area contributed by atoms with E-state index in [2.05, 4.69) is 11.9 Å². The van der Waals surface area contributed by atoms with E-state index in [1.807, 2.05) is 11.8 Å². The van der Waals surface area contributed by atoms with Gasteiger partial charge in [-0.1, -0.05) is 18.5 Å². The maximum Gasteiger partial charge on any atom is 0.257 e. The maximum atomic E-state index is 12.3. The Bertz CT molecular complexity index is 429. The van der Waals surface area contributed by atoms with Crippen molar-refractivity contribution < 1.29 is 4.79 Å². The Morgan fingerprint density at radius 1 is 1.59 bits per heavy atom. The molecule has 0 bridgehead atoms. The molecule has 0 aromatic carbocycles. The van der Waals surface area contributed by atoms with Crippen LogP contribution in [0, 0.1) is 6.92 Å². The second kappa shape index (κ2) is 5.05. The molecule has 0 N–H and O–H groups in total. The molecule has 1 fully saturated rings. The van der Waals surface area contributed by atoms with Crippen molar-refractivity contribution in [3.05, 3.63) is 28.5 Å². The lowest BCUT2D eigenvalue weighted by atomic mass is 10.2. The lowest BCUT2D eigenvalue weighted by molar-refractivity contribution is 0.0743. The van der Waals surface area contributed by atoms with Crippen molar-refractivity contribution in [3.8, 4) is 0 Å². The fourth-order valence-electron chi connectivity index (χ4n) is 1.92. The summed E-state index contributed by atoms with van der Waals surface area (Å²) in [5, 5.41) is 0.504. The van der Waals surface area contributed by atoms with Crippen molar-refractivity contribution in [3.63, 3.8) is 0 Å². The molecule has 0 unspecified atom stereocenters. The van der Waals surface area contributed by atoms with Crippen molar-refractivity contribution in [2.75, 3.05) is 6.54 Å². The number of rotatable bonds is 4. The topological polar surface area (TPSA) is 33.2 Å². The molecule has 1 heterocycles. The highest BCUT2D eigenvalue weighted by Gasteiger charge is 2.33. The van der Waals surface area contributed by atoms with Crippen LogP contribution in [0.1, 0.15) is 42.2 Å². The Kier molecular flexibility index (Phi) is 3.67. The van der Waals surface area contributed by atoms with Crippen LogP contribution in [0.2, 0.25) is 5.02 Å². The molecular weight excluding hydrogens is 236 g/mol. The Balaban J connectivity index is 2.22. The molecule has 0 saturated heterocycles. The third-order valence-corrected chi connectivity index (χ3v) is 3.25. The maximum absolute atomic E-state index is 12.3. The smallest absolute Gasteiger partial charge is 0.257 e. The molecular formula is C13H17ClN2O. The van der Waals surface area contributed by atoms with Crippen molar-refractivity contribution in [2.45, 2.75) is 39.2 Å². The predicted molar refractivity (Wildman–Crippen MR) is 68.3 cm³/mol. The van der Waals surface area contributed by atoms with Gasteiger partial charge in [-0.3, -0.25) is 9.78 Å². The van der Waals surface area contributed by atoms with Crippen LogP contribution in [0.3, 0.4) is 0 Å². The van der Waals surface area contributed by atoms with Gasteiger partial charge in [0.05, 0.1) is 10.6 Å². The summed E-state index contributed by atoms with van der Waals surface area (Å²) in [5.74, 6) is 0.0202. The van der Waals surface area contributed by atoms with E-state index in [4.69, 9.17) is 11.6 Å². The summed E-state index contributed by atoms with van der Waals surface area (Å²) in [6.45, 7) is 4.75. The second-order valence-electron chi connectivity index (χ2n) is 4.54. The van der Waals surface area contributed by atoms with Gasteiger partial charge in [-0.05, 0) is 32.3 Å². The van der Waals surface area contributed by atoms with Gasteiger partial charge in [-0.2, -0.15) is 0 Å². The number of nitrogens with zero attached hydrogens (tertiary/aromatic N) is 2. The molecule has 1 aliphatic rings. The molecule has 1 aromatic rings. The number of halogens is 1. The normalized spacial score (nSPS) is 14.8. The Labute approximate surface area is 107 Å². The minimum absolute atomic E-state index is 0.0202. The summed E-state index contributed by atoms with van der Waals surface area (Å²) >= 11 is 6.11. The van der Waals surface area contributed by atoms with E-state index in [0.29, 0.717) is 16.6 Å². The van der Waals surface area contributed by atoms with E-state index in [1.54, 1.807) is 12.3 Å². The Morgan fingerprint density at radius 2 is 2.29 bits per heavy atom. The van der Waals surface area contributed by atoms with Crippen LogP contribution in [0.25, 0.3) is 0 Å². The Morgan fingerprint density at radius 3 is 2.82 bits per heavy atom. The van der Waals surface area contributed by atoms with Crippen molar-refractivity contribution in [1.29, 1.82) is 0 Å². The first-order chi connectivity index (χ1) is 8.13. The predicted octanol–water partition coefficient (Wildman–Crippen LogP) is 3.06. The molecule has 0 aliphatic heterocycles. The number of aryl methyl sites for hydroxylation is 1. The first kappa shape index (κ1) is 12.4. The fraction of sp³-hybridized carbons (Fsp3) is 0.538. The van der Waals surface area contributed by atoms with Crippen LogP contribution in [-0.4, -0.2) is 28.4 Å². The number of carbonyl (C=O) groups excluding carboxylic acids is 1. The van der Waals surface area contributed by atoms with Crippen LogP contribution in [0.5, 0.6) is 0 Å². The standard InChI is InChI=1S/C13H17ClN2O/c1-3-6-16(10-4-5-10)13(17)11-8-15-9(2)7-12(11)14/h7-8,10H,3-6H2,1-2H3. The molecule has 17 heavy (non-hydrogen) atoms. The van der Waals surface area contributed by atoms with Gasteiger partial charge in [-0.25, -0.2) is 0 Å². The molecule has 1 amide bonds. The third-order valence-electron chi connectivity index (χ3n) is 2.93. The van der Waals surface area contributed by atoms with Crippen LogP contribution < -0.4 is 0 Å². The minimum Gasteiger partial charge on any atom is -0.336 e. The SMILES string of the molecule is CCCN(C(=O)c1cnc(C)cc1Cl)C1CC1. The van der Waals surface area contributed by atoms with Gasteiger partial charge in [0.2, 0.25) is 0 Å². The molecule has 0 atom stereocenters. The molecule has 0 spiro atoms. The lowest BCUT2D eigenvalue weighted by Crippen LogP contribution is -2.34. The fourth-order valence-corrected chi connectivity index (χ4v) is 2.20. The quantitative estimate of drug-likeness (QED) is 0.825. The summed E-state index contributed by atoms with van der Waals surface area (Å²) < 4.78 is 0. The van der Waals surface area contributed by atoms with Gasteiger partial charge in [0, 0.05) is 24.5 Å². The highest BCUT2D eigenvalue weighted by Crippen LogP contribution is 2.29. The van der Waals surface area contributed by atoms with E-state index in [1.165, 1.54) is 0 Å². The van der Waals surface area contributed by atoms with E-state index in [0.717, 1.165) is 31.5 Å². The minimum atomic E-state index is 0.0202. The van der Waals surface area contributed by atoms with Gasteiger partial charge in [0.25, 0.3) is 5.91 Å². The summed E-state index contributed by atoms with van der Waals surface area (Å²) in [5.41, 5.74) is 1.36. The van der Waals surface area contributed by atoms with Gasteiger partial charge in [-0.15, -0.1) is 0 Å². The van der Waals surface area contributed by atoms with E-state index in [9.17, 15) is 4.79 Å². The Hall–Kier alpha value is -1.09. The highest BCUT2D eigenvalue weighted by atomic mass is 35.5. The van der Waals surface area contributed by atoms with Crippen LogP contribution in [-0.2, 0) is 0 Å². The zero-order valence-electron chi connectivity index (χ0n) is 10.2. The number of carbonyl (C=O) groups is 1. The molecule has 0 radical (unpaired) electrons. The summed E-state index contributed by atoms with van der Waals surface area (Å²) in [6, 6.07) is 2.16. The number of hydrogen-bond acceptors (Lipinski definition) is 2. The van der Waals surface area contributed by atoms with Crippen LogP contribution in [0.4, 0.5) is 0 Å². The number of aromatic nitrogens is 1. The van der Waals surface area contributed by atoms with Crippen LogP contribution in [0.15, 0.2) is 12.3 Å². The summed E-state index contributed by atoms with van der Waals surface area (Å²) in [7, 11) is 0. The molecule has 4 heteroatoms. The summed E-state index contributed by atoms with van der Waals surface area (Å²) in [4.78, 5) is 18.4. The summed E-state index contributed by atoms with van der Waals surface area (Å²) in [6.07, 6.45) is 4.79. The number of hydrogen-bond donors (Lipinski definition) is 0. The van der Waals surface area contributed by atoms with E-state index >= 15 is 0 Å². The van der Waals surface area contributed by atoms with Gasteiger partial charge < -0.3 is 4.90 Å². The third kappa shape index (κ3) is 2.78. The molecule has 1 saturated carbocycles. The number of pyridine rings is 1. The largest absolute Gasteiger partial charge is 0.336 e. The van der Waals surface area contributed by atoms with Gasteiger partial charge >= 0.3 is 0 Å². The van der Waals surface area contributed by atoms with E-state index in [-0.39, 0.29) is 5.91 Å². The second-order valence-corrected chi connectivity index (χ2v) is 4.94. The molecule has 92 valence electrons. The number of amides is 1. The highest BCUT2D eigenvalue weighted by molar-refractivity contribution is 6.33. The first-order valence-corrected chi connectivity index (χ1v) is 6.44. The average molecular weight is 253 g/mol. The molecule has 2 rings (SSSR count).